The average Bonchev–Trinajstić information content (AvgIpc) is 3.16. The number of benzene rings is 2. The number of aromatic nitrogens is 2. The molecule has 1 aliphatic rings. The molecule has 1 fully saturated rings. The Morgan fingerprint density at radius 1 is 1.19 bits per heavy atom. The second kappa shape index (κ2) is 10.1. The van der Waals surface area contributed by atoms with Crippen molar-refractivity contribution in [3.8, 4) is 17.0 Å². The van der Waals surface area contributed by atoms with Crippen LogP contribution in [0.25, 0.3) is 11.3 Å². The van der Waals surface area contributed by atoms with Gasteiger partial charge in [0.2, 0.25) is 5.91 Å². The van der Waals surface area contributed by atoms with Gasteiger partial charge in [0.25, 0.3) is 0 Å². The Morgan fingerprint density at radius 3 is 2.59 bits per heavy atom. The van der Waals surface area contributed by atoms with Gasteiger partial charge < -0.3 is 20.3 Å². The van der Waals surface area contributed by atoms with Crippen LogP contribution in [0.4, 0.5) is 11.4 Å². The van der Waals surface area contributed by atoms with Crippen LogP contribution in [0.15, 0.2) is 54.7 Å². The zero-order valence-corrected chi connectivity index (χ0v) is 19.1. The summed E-state index contributed by atoms with van der Waals surface area (Å²) in [7, 11) is 3.42. The van der Waals surface area contributed by atoms with Gasteiger partial charge in [0, 0.05) is 43.1 Å². The van der Waals surface area contributed by atoms with Crippen molar-refractivity contribution in [2.45, 2.75) is 18.9 Å². The van der Waals surface area contributed by atoms with E-state index in [9.17, 15) is 4.79 Å². The number of carbonyl (C=O) groups is 1. The van der Waals surface area contributed by atoms with Crippen molar-refractivity contribution in [3.05, 3.63) is 59.8 Å². The predicted octanol–water partition coefficient (Wildman–Crippen LogP) is 3.95. The number of rotatable bonds is 7. The minimum atomic E-state index is -0.0808. The molecule has 1 aliphatic heterocycles. The summed E-state index contributed by atoms with van der Waals surface area (Å²) >= 11 is 6.31. The van der Waals surface area contributed by atoms with Crippen LogP contribution in [-0.2, 0) is 11.8 Å². The highest BCUT2D eigenvalue weighted by Crippen LogP contribution is 2.36. The van der Waals surface area contributed by atoms with Gasteiger partial charge in [0.1, 0.15) is 5.75 Å². The monoisotopic (exact) mass is 453 g/mol. The van der Waals surface area contributed by atoms with E-state index >= 15 is 0 Å². The highest BCUT2D eigenvalue weighted by molar-refractivity contribution is 6.33. The molecule has 2 N–H and O–H groups in total. The summed E-state index contributed by atoms with van der Waals surface area (Å²) < 4.78 is 7.17. The van der Waals surface area contributed by atoms with E-state index in [0.29, 0.717) is 22.5 Å². The first-order valence-electron chi connectivity index (χ1n) is 10.7. The average molecular weight is 454 g/mol. The van der Waals surface area contributed by atoms with E-state index in [-0.39, 0.29) is 12.5 Å². The van der Waals surface area contributed by atoms with E-state index in [1.54, 1.807) is 18.0 Å². The van der Waals surface area contributed by atoms with Crippen LogP contribution >= 0.6 is 11.6 Å². The molecular formula is C24H28ClN5O2. The van der Waals surface area contributed by atoms with Crippen LogP contribution in [0.2, 0.25) is 5.02 Å². The van der Waals surface area contributed by atoms with Crippen molar-refractivity contribution in [2.75, 3.05) is 37.0 Å². The number of piperidine rings is 1. The fourth-order valence-electron chi connectivity index (χ4n) is 4.11. The molecule has 0 unspecified atom stereocenters. The smallest absolute Gasteiger partial charge is 0.238 e. The Kier molecular flexibility index (Phi) is 6.97. The van der Waals surface area contributed by atoms with Crippen LogP contribution in [0.3, 0.4) is 0 Å². The van der Waals surface area contributed by atoms with E-state index in [1.165, 1.54) is 5.69 Å². The first kappa shape index (κ1) is 22.2. The molecule has 168 valence electrons. The van der Waals surface area contributed by atoms with Gasteiger partial charge in [-0.05, 0) is 43.2 Å². The van der Waals surface area contributed by atoms with Gasteiger partial charge in [-0.25, -0.2) is 0 Å². The van der Waals surface area contributed by atoms with Crippen molar-refractivity contribution in [2.24, 2.45) is 7.05 Å². The minimum absolute atomic E-state index is 0.0808. The number of para-hydroxylation sites is 1. The highest BCUT2D eigenvalue weighted by Gasteiger charge is 2.20. The molecule has 0 saturated carbocycles. The highest BCUT2D eigenvalue weighted by atomic mass is 35.5. The molecule has 32 heavy (non-hydrogen) atoms. The molecular weight excluding hydrogens is 426 g/mol. The lowest BCUT2D eigenvalue weighted by atomic mass is 10.0. The second-order valence-electron chi connectivity index (χ2n) is 7.91. The molecule has 0 spiro atoms. The number of aryl methyl sites for hydroxylation is 1. The molecule has 8 heteroatoms. The summed E-state index contributed by atoms with van der Waals surface area (Å²) in [5, 5.41) is 11.1. The molecule has 0 atom stereocenters. The number of ether oxygens (including phenoxy) is 1. The number of nitrogens with one attached hydrogen (secondary N) is 2. The Bertz CT molecular complexity index is 1040. The quantitative estimate of drug-likeness (QED) is 0.567. The van der Waals surface area contributed by atoms with E-state index in [4.69, 9.17) is 16.3 Å². The predicted molar refractivity (Wildman–Crippen MR) is 129 cm³/mol. The van der Waals surface area contributed by atoms with Crippen LogP contribution in [0.5, 0.6) is 5.75 Å². The van der Waals surface area contributed by atoms with Gasteiger partial charge in [-0.3, -0.25) is 9.48 Å². The third-order valence-electron chi connectivity index (χ3n) is 5.80. The first-order valence-corrected chi connectivity index (χ1v) is 11.1. The maximum atomic E-state index is 12.6. The molecule has 2 aromatic carbocycles. The second-order valence-corrected chi connectivity index (χ2v) is 8.31. The lowest BCUT2D eigenvalue weighted by Gasteiger charge is -2.34. The summed E-state index contributed by atoms with van der Waals surface area (Å²) in [5.74, 6) is 0.583. The summed E-state index contributed by atoms with van der Waals surface area (Å²) in [6, 6.07) is 16.3. The molecule has 0 radical (unpaired) electrons. The third-order valence-corrected chi connectivity index (χ3v) is 6.08. The van der Waals surface area contributed by atoms with Gasteiger partial charge >= 0.3 is 0 Å². The Morgan fingerprint density at radius 2 is 1.94 bits per heavy atom. The Labute approximate surface area is 193 Å². The molecule has 4 rings (SSSR count). The van der Waals surface area contributed by atoms with Gasteiger partial charge in [-0.1, -0.05) is 29.8 Å². The van der Waals surface area contributed by atoms with Crippen molar-refractivity contribution >= 4 is 28.9 Å². The van der Waals surface area contributed by atoms with Crippen LogP contribution in [0.1, 0.15) is 12.8 Å². The summed E-state index contributed by atoms with van der Waals surface area (Å²) in [6.07, 6.45) is 3.61. The number of nitrogens with zero attached hydrogens (tertiary/aromatic N) is 3. The zero-order valence-electron chi connectivity index (χ0n) is 18.3. The van der Waals surface area contributed by atoms with Gasteiger partial charge in [-0.15, -0.1) is 0 Å². The number of anilines is 2. The molecule has 1 aromatic heterocycles. The minimum Gasteiger partial charge on any atom is -0.496 e. The molecule has 0 aliphatic carbocycles. The third kappa shape index (κ3) is 5.06. The molecule has 0 bridgehead atoms. The van der Waals surface area contributed by atoms with Crippen LogP contribution in [-0.4, -0.2) is 48.5 Å². The lowest BCUT2D eigenvalue weighted by Crippen LogP contribution is -2.44. The topological polar surface area (TPSA) is 71.4 Å². The summed E-state index contributed by atoms with van der Waals surface area (Å²) in [4.78, 5) is 15.0. The van der Waals surface area contributed by atoms with E-state index < -0.39 is 0 Å². The van der Waals surface area contributed by atoms with Crippen molar-refractivity contribution in [1.29, 1.82) is 0 Å². The fraction of sp³-hybridized carbons (Fsp3) is 0.333. The van der Waals surface area contributed by atoms with Gasteiger partial charge in [0.05, 0.1) is 30.6 Å². The SMILES string of the molecule is COc1ccc(NC(=O)CNC2CCN(c3ccccc3)CC2)cc1-c1c(Cl)cnn1C. The Balaban J connectivity index is 1.32. The normalized spacial score (nSPS) is 14.4. The number of hydrogen-bond donors (Lipinski definition) is 2. The van der Waals surface area contributed by atoms with E-state index in [2.05, 4.69) is 44.9 Å². The largest absolute Gasteiger partial charge is 0.496 e. The molecule has 2 heterocycles. The van der Waals surface area contributed by atoms with Crippen LogP contribution in [0, 0.1) is 0 Å². The number of amides is 1. The fourth-order valence-corrected chi connectivity index (χ4v) is 4.38. The van der Waals surface area contributed by atoms with Gasteiger partial charge in [0.15, 0.2) is 0 Å². The van der Waals surface area contributed by atoms with E-state index in [1.807, 2.05) is 31.3 Å². The summed E-state index contributed by atoms with van der Waals surface area (Å²) in [6.45, 7) is 2.23. The molecule has 7 nitrogen and oxygen atoms in total. The van der Waals surface area contributed by atoms with Crippen molar-refractivity contribution in [1.82, 2.24) is 15.1 Å². The van der Waals surface area contributed by atoms with Crippen LogP contribution < -0.4 is 20.3 Å². The first-order chi connectivity index (χ1) is 15.5. The molecule has 1 amide bonds. The van der Waals surface area contributed by atoms with Gasteiger partial charge in [-0.2, -0.15) is 5.10 Å². The Hall–Kier alpha value is -3.03. The van der Waals surface area contributed by atoms with Crippen molar-refractivity contribution < 1.29 is 9.53 Å². The maximum absolute atomic E-state index is 12.6. The maximum Gasteiger partial charge on any atom is 0.238 e. The number of methoxy groups -OCH3 is 1. The standard InChI is InChI=1S/C24H28ClN5O2/c1-29-24(21(25)15-27-29)20-14-18(8-9-22(20)32-2)28-23(31)16-26-17-10-12-30(13-11-17)19-6-4-3-5-7-19/h3-9,14-15,17,26H,10-13,16H2,1-2H3,(H,28,31). The number of carbonyl (C=O) groups excluding carboxylic acids is 1. The lowest BCUT2D eigenvalue weighted by molar-refractivity contribution is -0.115. The van der Waals surface area contributed by atoms with E-state index in [0.717, 1.165) is 37.2 Å². The van der Waals surface area contributed by atoms with Crippen molar-refractivity contribution in [3.63, 3.8) is 0 Å². The number of halogens is 1. The molecule has 1 saturated heterocycles. The zero-order chi connectivity index (χ0) is 22.5. The number of hydrogen-bond acceptors (Lipinski definition) is 5. The summed E-state index contributed by atoms with van der Waals surface area (Å²) in [5.41, 5.74) is 3.45. The molecule has 3 aromatic rings.